The molecule has 7 heteroatoms. The van der Waals surface area contributed by atoms with Crippen molar-refractivity contribution in [3.63, 3.8) is 0 Å². The molecule has 0 unspecified atom stereocenters. The van der Waals surface area contributed by atoms with Crippen LogP contribution in [-0.4, -0.2) is 57.1 Å². The van der Waals surface area contributed by atoms with E-state index in [9.17, 15) is 4.79 Å². The number of amides is 1. The highest BCUT2D eigenvalue weighted by atomic mass is 79.9. The van der Waals surface area contributed by atoms with E-state index in [1.807, 2.05) is 31.2 Å². The number of ether oxygens (including phenoxy) is 1. The maximum absolute atomic E-state index is 11.5. The Balaban J connectivity index is 2.37. The summed E-state index contributed by atoms with van der Waals surface area (Å²) in [4.78, 5) is 17.3. The van der Waals surface area contributed by atoms with Gasteiger partial charge in [-0.15, -0.1) is 0 Å². The highest BCUT2D eigenvalue weighted by Gasteiger charge is 2.03. The lowest BCUT2D eigenvalue weighted by Crippen LogP contribution is -2.40. The van der Waals surface area contributed by atoms with Gasteiger partial charge in [0.1, 0.15) is 18.9 Å². The largest absolute Gasteiger partial charge is 0.492 e. The smallest absolute Gasteiger partial charge is 0.243 e. The third kappa shape index (κ3) is 7.31. The number of nitrogens with zero attached hydrogens (tertiary/aromatic N) is 2. The molecule has 2 N–H and O–H groups in total. The van der Waals surface area contributed by atoms with Crippen LogP contribution < -0.4 is 15.4 Å². The zero-order valence-corrected chi connectivity index (χ0v) is 14.8. The Bertz CT molecular complexity index is 506. The van der Waals surface area contributed by atoms with Gasteiger partial charge in [0.05, 0.1) is 6.54 Å². The van der Waals surface area contributed by atoms with E-state index in [0.717, 1.165) is 16.8 Å². The van der Waals surface area contributed by atoms with E-state index in [1.54, 1.807) is 14.1 Å². The second-order valence-corrected chi connectivity index (χ2v) is 5.63. The van der Waals surface area contributed by atoms with Gasteiger partial charge in [-0.05, 0) is 25.1 Å². The van der Waals surface area contributed by atoms with Crippen LogP contribution in [0.15, 0.2) is 33.7 Å². The van der Waals surface area contributed by atoms with Crippen molar-refractivity contribution in [2.45, 2.75) is 6.92 Å². The molecule has 0 saturated heterocycles. The Morgan fingerprint density at radius 1 is 1.36 bits per heavy atom. The van der Waals surface area contributed by atoms with E-state index in [4.69, 9.17) is 4.74 Å². The summed E-state index contributed by atoms with van der Waals surface area (Å²) in [5.41, 5.74) is 0. The molecule has 0 heterocycles. The molecule has 22 heavy (non-hydrogen) atoms. The van der Waals surface area contributed by atoms with Gasteiger partial charge in [-0.1, -0.05) is 22.0 Å². The molecular weight excluding hydrogens is 348 g/mol. The average molecular weight is 371 g/mol. The summed E-state index contributed by atoms with van der Waals surface area (Å²) >= 11 is 3.40. The summed E-state index contributed by atoms with van der Waals surface area (Å²) in [7, 11) is 3.42. The summed E-state index contributed by atoms with van der Waals surface area (Å²) < 4.78 is 6.61. The summed E-state index contributed by atoms with van der Waals surface area (Å²) in [6.07, 6.45) is 0. The molecule has 0 atom stereocenters. The van der Waals surface area contributed by atoms with E-state index < -0.39 is 0 Å². The predicted molar refractivity (Wildman–Crippen MR) is 92.3 cm³/mol. The first-order valence-electron chi connectivity index (χ1n) is 7.13. The van der Waals surface area contributed by atoms with Crippen molar-refractivity contribution in [2.75, 3.05) is 40.3 Å². The van der Waals surface area contributed by atoms with Crippen LogP contribution in [0.1, 0.15) is 6.92 Å². The zero-order valence-electron chi connectivity index (χ0n) is 13.2. The fourth-order valence-corrected chi connectivity index (χ4v) is 1.90. The topological polar surface area (TPSA) is 66.0 Å². The molecule has 0 aliphatic heterocycles. The number of benzene rings is 1. The molecule has 0 bridgehead atoms. The minimum Gasteiger partial charge on any atom is -0.492 e. The number of guanidine groups is 1. The van der Waals surface area contributed by atoms with Crippen molar-refractivity contribution in [2.24, 2.45) is 4.99 Å². The van der Waals surface area contributed by atoms with Gasteiger partial charge in [0.25, 0.3) is 0 Å². The van der Waals surface area contributed by atoms with Gasteiger partial charge < -0.3 is 20.3 Å². The summed E-state index contributed by atoms with van der Waals surface area (Å²) in [5, 5.41) is 6.22. The summed E-state index contributed by atoms with van der Waals surface area (Å²) in [6.45, 7) is 3.92. The monoisotopic (exact) mass is 370 g/mol. The van der Waals surface area contributed by atoms with E-state index in [1.165, 1.54) is 4.90 Å². The van der Waals surface area contributed by atoms with Crippen LogP contribution in [0.3, 0.4) is 0 Å². The fourth-order valence-electron chi connectivity index (χ4n) is 1.52. The standard InChI is InChI=1S/C15H23BrN4O2/c1-4-17-15(19-11-14(21)20(2)3)18-8-9-22-13-7-5-6-12(16)10-13/h5-7,10H,4,8-9,11H2,1-3H3,(H2,17,18,19). The quantitative estimate of drug-likeness (QED) is 0.433. The first-order chi connectivity index (χ1) is 10.5. The summed E-state index contributed by atoms with van der Waals surface area (Å²) in [6, 6.07) is 7.68. The average Bonchev–Trinajstić information content (AvgIpc) is 2.48. The van der Waals surface area contributed by atoms with Crippen molar-refractivity contribution >= 4 is 27.8 Å². The number of likely N-dealkylation sites (N-methyl/N-ethyl adjacent to an activating group) is 1. The maximum atomic E-state index is 11.5. The molecule has 0 spiro atoms. The molecule has 0 radical (unpaired) electrons. The molecule has 1 amide bonds. The highest BCUT2D eigenvalue weighted by Crippen LogP contribution is 2.17. The van der Waals surface area contributed by atoms with Crippen LogP contribution in [0.25, 0.3) is 0 Å². The van der Waals surface area contributed by atoms with Gasteiger partial charge in [-0.3, -0.25) is 4.79 Å². The normalized spacial score (nSPS) is 11.0. The van der Waals surface area contributed by atoms with Crippen molar-refractivity contribution < 1.29 is 9.53 Å². The molecule has 0 aliphatic carbocycles. The number of rotatable bonds is 7. The number of nitrogens with one attached hydrogen (secondary N) is 2. The van der Waals surface area contributed by atoms with Crippen LogP contribution in [0, 0.1) is 0 Å². The molecule has 1 aromatic carbocycles. The van der Waals surface area contributed by atoms with Gasteiger partial charge >= 0.3 is 0 Å². The van der Waals surface area contributed by atoms with Gasteiger partial charge in [-0.25, -0.2) is 4.99 Å². The molecule has 6 nitrogen and oxygen atoms in total. The third-order valence-electron chi connectivity index (χ3n) is 2.67. The minimum absolute atomic E-state index is 0.0393. The first kappa shape index (κ1) is 18.3. The highest BCUT2D eigenvalue weighted by molar-refractivity contribution is 9.10. The van der Waals surface area contributed by atoms with Crippen LogP contribution in [-0.2, 0) is 4.79 Å². The molecule has 0 aliphatic rings. The lowest BCUT2D eigenvalue weighted by Gasteiger charge is -2.13. The zero-order chi connectivity index (χ0) is 16.4. The van der Waals surface area contributed by atoms with E-state index in [0.29, 0.717) is 19.1 Å². The summed E-state index contributed by atoms with van der Waals surface area (Å²) in [5.74, 6) is 1.37. The maximum Gasteiger partial charge on any atom is 0.243 e. The molecule has 0 fully saturated rings. The lowest BCUT2D eigenvalue weighted by molar-refractivity contribution is -0.127. The minimum atomic E-state index is -0.0393. The van der Waals surface area contributed by atoms with Gasteiger partial charge in [-0.2, -0.15) is 0 Å². The molecule has 1 aromatic rings. The Hall–Kier alpha value is -1.76. The lowest BCUT2D eigenvalue weighted by atomic mass is 10.3. The van der Waals surface area contributed by atoms with Crippen LogP contribution >= 0.6 is 15.9 Å². The van der Waals surface area contributed by atoms with Crippen molar-refractivity contribution in [1.29, 1.82) is 0 Å². The number of hydrogen-bond acceptors (Lipinski definition) is 3. The van der Waals surface area contributed by atoms with Crippen molar-refractivity contribution in [3.05, 3.63) is 28.7 Å². The molecule has 0 saturated carbocycles. The molecule has 1 rings (SSSR count). The SMILES string of the molecule is CCNC(=NCC(=O)N(C)C)NCCOc1cccc(Br)c1. The van der Waals surface area contributed by atoms with Crippen molar-refractivity contribution in [1.82, 2.24) is 15.5 Å². The van der Waals surface area contributed by atoms with E-state index >= 15 is 0 Å². The number of carbonyl (C=O) groups excluding carboxylic acids is 1. The third-order valence-corrected chi connectivity index (χ3v) is 3.17. The molecule has 0 aromatic heterocycles. The Labute approximate surface area is 140 Å². The second-order valence-electron chi connectivity index (χ2n) is 4.72. The van der Waals surface area contributed by atoms with Gasteiger partial charge in [0.2, 0.25) is 5.91 Å². The Kier molecular flexibility index (Phi) is 8.35. The number of halogens is 1. The van der Waals surface area contributed by atoms with E-state index in [2.05, 4.69) is 31.6 Å². The Morgan fingerprint density at radius 2 is 2.14 bits per heavy atom. The fraction of sp³-hybridized carbons (Fsp3) is 0.467. The van der Waals surface area contributed by atoms with Crippen LogP contribution in [0.2, 0.25) is 0 Å². The van der Waals surface area contributed by atoms with E-state index in [-0.39, 0.29) is 12.5 Å². The number of aliphatic imine (C=N–C) groups is 1. The first-order valence-corrected chi connectivity index (χ1v) is 7.93. The van der Waals surface area contributed by atoms with Crippen LogP contribution in [0.5, 0.6) is 5.75 Å². The molecule has 122 valence electrons. The van der Waals surface area contributed by atoms with Gasteiger partial charge in [0.15, 0.2) is 5.96 Å². The predicted octanol–water partition coefficient (Wildman–Crippen LogP) is 1.47. The second kappa shape index (κ2) is 10.0. The van der Waals surface area contributed by atoms with Gasteiger partial charge in [0, 0.05) is 25.1 Å². The number of carbonyl (C=O) groups is 1. The van der Waals surface area contributed by atoms with Crippen molar-refractivity contribution in [3.8, 4) is 5.75 Å². The Morgan fingerprint density at radius 3 is 2.77 bits per heavy atom. The number of hydrogen-bond donors (Lipinski definition) is 2. The molecular formula is C15H23BrN4O2. The van der Waals surface area contributed by atoms with Crippen LogP contribution in [0.4, 0.5) is 0 Å².